The second-order valence-corrected chi connectivity index (χ2v) is 4.83. The van der Waals surface area contributed by atoms with E-state index in [0.29, 0.717) is 31.2 Å². The van der Waals surface area contributed by atoms with Crippen molar-refractivity contribution in [2.24, 2.45) is 0 Å². The van der Waals surface area contributed by atoms with Crippen LogP contribution in [0, 0.1) is 6.92 Å². The molecule has 20 heavy (non-hydrogen) atoms. The average molecular weight is 281 g/mol. The number of hydrogen-bond donors (Lipinski definition) is 1. The lowest BCUT2D eigenvalue weighted by molar-refractivity contribution is -0.122. The van der Waals surface area contributed by atoms with E-state index >= 15 is 0 Å². The molecule has 2 heterocycles. The second kappa shape index (κ2) is 5.89. The lowest BCUT2D eigenvalue weighted by Crippen LogP contribution is -2.40. The molecule has 1 aromatic rings. The molecular formula is C12H19N5O3. The van der Waals surface area contributed by atoms with Crippen LogP contribution in [-0.4, -0.2) is 58.6 Å². The van der Waals surface area contributed by atoms with Crippen molar-refractivity contribution in [3.8, 4) is 0 Å². The number of aryl methyl sites for hydroxylation is 1. The standard InChI is InChI=1S/C12H19N5O3/c1-4-9(11-13-8(2)15-20-11)14-10(18)7-17-6-5-16(3)12(17)19/h9H,4-7H2,1-3H3,(H,14,18)/t9-/m1/s1. The minimum atomic E-state index is -0.320. The SMILES string of the molecule is CC[C@@H](NC(=O)CN1CCN(C)C1=O)c1nc(C)no1. The van der Waals surface area contributed by atoms with Crippen LogP contribution >= 0.6 is 0 Å². The fourth-order valence-electron chi connectivity index (χ4n) is 2.06. The third kappa shape index (κ3) is 3.06. The van der Waals surface area contributed by atoms with Crippen LogP contribution in [-0.2, 0) is 4.79 Å². The van der Waals surface area contributed by atoms with Crippen LogP contribution in [0.25, 0.3) is 0 Å². The summed E-state index contributed by atoms with van der Waals surface area (Å²) in [4.78, 5) is 30.9. The highest BCUT2D eigenvalue weighted by atomic mass is 16.5. The Kier molecular flexibility index (Phi) is 4.21. The van der Waals surface area contributed by atoms with Crippen LogP contribution in [0.1, 0.15) is 31.1 Å². The van der Waals surface area contributed by atoms with Crippen molar-refractivity contribution in [3.05, 3.63) is 11.7 Å². The zero-order chi connectivity index (χ0) is 14.7. The number of urea groups is 1. The van der Waals surface area contributed by atoms with Crippen LogP contribution in [0.3, 0.4) is 0 Å². The molecule has 1 saturated heterocycles. The Balaban J connectivity index is 1.91. The third-order valence-corrected chi connectivity index (χ3v) is 3.22. The van der Waals surface area contributed by atoms with Gasteiger partial charge in [0, 0.05) is 20.1 Å². The first-order chi connectivity index (χ1) is 9.51. The fraction of sp³-hybridized carbons (Fsp3) is 0.667. The number of carbonyl (C=O) groups excluding carboxylic acids is 2. The molecule has 1 N–H and O–H groups in total. The summed E-state index contributed by atoms with van der Waals surface area (Å²) in [5.41, 5.74) is 0. The molecule has 0 aromatic carbocycles. The van der Waals surface area contributed by atoms with Gasteiger partial charge in [0.15, 0.2) is 5.82 Å². The Hall–Kier alpha value is -2.12. The minimum absolute atomic E-state index is 0.0484. The molecule has 0 unspecified atom stereocenters. The molecule has 8 heteroatoms. The van der Waals surface area contributed by atoms with Crippen molar-refractivity contribution in [1.29, 1.82) is 0 Å². The van der Waals surface area contributed by atoms with Gasteiger partial charge in [0.25, 0.3) is 0 Å². The van der Waals surface area contributed by atoms with E-state index in [1.165, 1.54) is 4.90 Å². The summed E-state index contributed by atoms with van der Waals surface area (Å²) >= 11 is 0. The number of aromatic nitrogens is 2. The van der Waals surface area contributed by atoms with Crippen LogP contribution in [0.5, 0.6) is 0 Å². The molecule has 1 fully saturated rings. The van der Waals surface area contributed by atoms with Gasteiger partial charge < -0.3 is 19.6 Å². The lowest BCUT2D eigenvalue weighted by atomic mass is 10.2. The van der Waals surface area contributed by atoms with Crippen molar-refractivity contribution in [2.45, 2.75) is 26.3 Å². The molecule has 3 amide bonds. The largest absolute Gasteiger partial charge is 0.343 e. The van der Waals surface area contributed by atoms with Gasteiger partial charge in [-0.3, -0.25) is 4.79 Å². The van der Waals surface area contributed by atoms with Gasteiger partial charge in [0.1, 0.15) is 12.6 Å². The first-order valence-corrected chi connectivity index (χ1v) is 6.61. The third-order valence-electron chi connectivity index (χ3n) is 3.22. The maximum Gasteiger partial charge on any atom is 0.320 e. The number of nitrogens with zero attached hydrogens (tertiary/aromatic N) is 4. The molecule has 0 saturated carbocycles. The van der Waals surface area contributed by atoms with E-state index in [2.05, 4.69) is 15.5 Å². The van der Waals surface area contributed by atoms with Crippen LogP contribution < -0.4 is 5.32 Å². The van der Waals surface area contributed by atoms with E-state index in [4.69, 9.17) is 4.52 Å². The van der Waals surface area contributed by atoms with E-state index in [1.807, 2.05) is 6.92 Å². The minimum Gasteiger partial charge on any atom is -0.343 e. The molecule has 1 atom stereocenters. The predicted molar refractivity (Wildman–Crippen MR) is 69.8 cm³/mol. The maximum absolute atomic E-state index is 12.0. The monoisotopic (exact) mass is 281 g/mol. The first kappa shape index (κ1) is 14.3. The molecule has 1 aliphatic rings. The number of likely N-dealkylation sites (N-methyl/N-ethyl adjacent to an activating group) is 1. The summed E-state index contributed by atoms with van der Waals surface area (Å²) in [5.74, 6) is 0.698. The summed E-state index contributed by atoms with van der Waals surface area (Å²) < 4.78 is 5.06. The highest BCUT2D eigenvalue weighted by Crippen LogP contribution is 2.14. The van der Waals surface area contributed by atoms with Crippen molar-refractivity contribution < 1.29 is 14.1 Å². The molecular weight excluding hydrogens is 262 g/mol. The van der Waals surface area contributed by atoms with Gasteiger partial charge in [-0.2, -0.15) is 4.98 Å². The first-order valence-electron chi connectivity index (χ1n) is 6.61. The molecule has 0 spiro atoms. The quantitative estimate of drug-likeness (QED) is 0.838. The maximum atomic E-state index is 12.0. The van der Waals surface area contributed by atoms with Crippen LogP contribution in [0.2, 0.25) is 0 Å². The molecule has 110 valence electrons. The molecule has 0 bridgehead atoms. The number of nitrogens with one attached hydrogen (secondary N) is 1. The average Bonchev–Trinajstić information content (AvgIpc) is 2.97. The zero-order valence-electron chi connectivity index (χ0n) is 11.9. The van der Waals surface area contributed by atoms with Gasteiger partial charge in [-0.1, -0.05) is 12.1 Å². The molecule has 2 rings (SSSR count). The fourth-order valence-corrected chi connectivity index (χ4v) is 2.06. The summed E-state index contributed by atoms with van der Waals surface area (Å²) in [6, 6.07) is -0.444. The zero-order valence-corrected chi connectivity index (χ0v) is 11.9. The number of carbonyl (C=O) groups is 2. The number of rotatable bonds is 5. The van der Waals surface area contributed by atoms with Crippen LogP contribution in [0.15, 0.2) is 4.52 Å². The Morgan fingerprint density at radius 1 is 1.50 bits per heavy atom. The molecule has 8 nitrogen and oxygen atoms in total. The highest BCUT2D eigenvalue weighted by molar-refractivity contribution is 5.85. The van der Waals surface area contributed by atoms with E-state index in [0.717, 1.165) is 0 Å². The van der Waals surface area contributed by atoms with E-state index in [1.54, 1.807) is 18.9 Å². The van der Waals surface area contributed by atoms with Gasteiger partial charge in [-0.25, -0.2) is 4.79 Å². The number of hydrogen-bond acceptors (Lipinski definition) is 5. The summed E-state index contributed by atoms with van der Waals surface area (Å²) in [6.07, 6.45) is 0.640. The van der Waals surface area contributed by atoms with Crippen molar-refractivity contribution in [3.63, 3.8) is 0 Å². The molecule has 0 radical (unpaired) electrons. The van der Waals surface area contributed by atoms with Gasteiger partial charge in [-0.15, -0.1) is 0 Å². The highest BCUT2D eigenvalue weighted by Gasteiger charge is 2.28. The second-order valence-electron chi connectivity index (χ2n) is 4.83. The van der Waals surface area contributed by atoms with E-state index in [-0.39, 0.29) is 24.5 Å². The Morgan fingerprint density at radius 3 is 2.75 bits per heavy atom. The molecule has 1 aromatic heterocycles. The summed E-state index contributed by atoms with van der Waals surface area (Å²) in [6.45, 7) is 4.90. The van der Waals surface area contributed by atoms with Crippen molar-refractivity contribution >= 4 is 11.9 Å². The summed E-state index contributed by atoms with van der Waals surface area (Å²) in [5, 5.41) is 6.52. The Labute approximate surface area is 117 Å². The van der Waals surface area contributed by atoms with Gasteiger partial charge in [-0.05, 0) is 13.3 Å². The van der Waals surface area contributed by atoms with E-state index in [9.17, 15) is 9.59 Å². The van der Waals surface area contributed by atoms with E-state index < -0.39 is 0 Å². The van der Waals surface area contributed by atoms with Gasteiger partial charge in [0.2, 0.25) is 11.8 Å². The van der Waals surface area contributed by atoms with Crippen molar-refractivity contribution in [2.75, 3.05) is 26.7 Å². The molecule has 1 aliphatic heterocycles. The summed E-state index contributed by atoms with van der Waals surface area (Å²) in [7, 11) is 1.72. The topological polar surface area (TPSA) is 91.6 Å². The number of amides is 3. The van der Waals surface area contributed by atoms with Crippen molar-refractivity contribution in [1.82, 2.24) is 25.3 Å². The van der Waals surface area contributed by atoms with Crippen LogP contribution in [0.4, 0.5) is 4.79 Å². The Morgan fingerprint density at radius 2 is 2.25 bits per heavy atom. The van der Waals surface area contributed by atoms with Gasteiger partial charge in [0.05, 0.1) is 0 Å². The predicted octanol–water partition coefficient (Wildman–Crippen LogP) is 0.313. The Bertz CT molecular complexity index is 501. The molecule has 0 aliphatic carbocycles. The van der Waals surface area contributed by atoms with Gasteiger partial charge >= 0.3 is 6.03 Å². The lowest BCUT2D eigenvalue weighted by Gasteiger charge is -2.18. The smallest absolute Gasteiger partial charge is 0.320 e. The normalized spacial score (nSPS) is 16.6.